The highest BCUT2D eigenvalue weighted by atomic mass is 19.1. The molecular formula is C22H20F2N2O. The van der Waals surface area contributed by atoms with Crippen molar-refractivity contribution in [3.05, 3.63) is 101 Å². The molecule has 0 aliphatic rings. The largest absolute Gasteiger partial charge is 0.352 e. The van der Waals surface area contributed by atoms with Crippen LogP contribution in [0.2, 0.25) is 0 Å². The summed E-state index contributed by atoms with van der Waals surface area (Å²) in [6, 6.07) is 16.0. The molecule has 0 atom stereocenters. The molecule has 138 valence electrons. The molecule has 0 unspecified atom stereocenters. The molecule has 0 radical (unpaired) electrons. The molecule has 1 N–H and O–H groups in total. The fourth-order valence-corrected chi connectivity index (χ4v) is 2.95. The van der Waals surface area contributed by atoms with Crippen molar-refractivity contribution in [2.45, 2.75) is 19.3 Å². The van der Waals surface area contributed by atoms with E-state index >= 15 is 0 Å². The molecule has 5 heteroatoms. The van der Waals surface area contributed by atoms with Crippen molar-refractivity contribution >= 4 is 5.91 Å². The number of benzene rings is 2. The first-order valence-electron chi connectivity index (χ1n) is 8.75. The van der Waals surface area contributed by atoms with Gasteiger partial charge in [-0.05, 0) is 60.9 Å². The number of halogens is 2. The molecule has 3 nitrogen and oxygen atoms in total. The van der Waals surface area contributed by atoms with Gasteiger partial charge in [0.05, 0.1) is 5.56 Å². The fraction of sp³-hybridized carbons (Fsp3) is 0.182. The Kier molecular flexibility index (Phi) is 5.91. The number of carbonyl (C=O) groups excluding carboxylic acids is 1. The highest BCUT2D eigenvalue weighted by Gasteiger charge is 2.15. The Morgan fingerprint density at radius 2 is 1.48 bits per heavy atom. The Balaban J connectivity index is 1.71. The summed E-state index contributed by atoms with van der Waals surface area (Å²) in [6.45, 7) is 2.28. The van der Waals surface area contributed by atoms with Gasteiger partial charge in [-0.2, -0.15) is 0 Å². The monoisotopic (exact) mass is 366 g/mol. The third-order valence-electron chi connectivity index (χ3n) is 4.44. The SMILES string of the molecule is Cc1ccc(C(=O)NCCC(c2ccc(F)cc2)c2ccc(F)cc2)cn1. The first kappa shape index (κ1) is 18.7. The minimum atomic E-state index is -0.309. The van der Waals surface area contributed by atoms with Crippen molar-refractivity contribution in [3.63, 3.8) is 0 Å². The maximum Gasteiger partial charge on any atom is 0.252 e. The number of carbonyl (C=O) groups is 1. The lowest BCUT2D eigenvalue weighted by atomic mass is 9.88. The van der Waals surface area contributed by atoms with Crippen LogP contribution in [-0.4, -0.2) is 17.4 Å². The topological polar surface area (TPSA) is 42.0 Å². The van der Waals surface area contributed by atoms with E-state index in [1.807, 2.05) is 6.92 Å². The summed E-state index contributed by atoms with van der Waals surface area (Å²) < 4.78 is 26.5. The number of nitrogens with one attached hydrogen (secondary N) is 1. The number of hydrogen-bond donors (Lipinski definition) is 1. The summed E-state index contributed by atoms with van der Waals surface area (Å²) in [5.41, 5.74) is 3.17. The summed E-state index contributed by atoms with van der Waals surface area (Å²) in [6.07, 6.45) is 2.14. The number of aryl methyl sites for hydroxylation is 1. The van der Waals surface area contributed by atoms with E-state index in [4.69, 9.17) is 0 Å². The van der Waals surface area contributed by atoms with Crippen LogP contribution in [0.4, 0.5) is 8.78 Å². The molecule has 2 aromatic carbocycles. The molecule has 0 fully saturated rings. The molecule has 1 heterocycles. The lowest BCUT2D eigenvalue weighted by Gasteiger charge is -2.18. The summed E-state index contributed by atoms with van der Waals surface area (Å²) in [5, 5.41) is 2.88. The van der Waals surface area contributed by atoms with Crippen LogP contribution in [0.15, 0.2) is 66.9 Å². The maximum absolute atomic E-state index is 13.3. The minimum absolute atomic E-state index is 0.0809. The van der Waals surface area contributed by atoms with Crippen molar-refractivity contribution < 1.29 is 13.6 Å². The Morgan fingerprint density at radius 3 is 1.96 bits per heavy atom. The van der Waals surface area contributed by atoms with Crippen molar-refractivity contribution in [2.24, 2.45) is 0 Å². The van der Waals surface area contributed by atoms with Gasteiger partial charge in [-0.25, -0.2) is 8.78 Å². The molecule has 3 rings (SSSR count). The van der Waals surface area contributed by atoms with Crippen molar-refractivity contribution in [2.75, 3.05) is 6.54 Å². The Hall–Kier alpha value is -3.08. The minimum Gasteiger partial charge on any atom is -0.352 e. The average Bonchev–Trinajstić information content (AvgIpc) is 2.67. The zero-order valence-corrected chi connectivity index (χ0v) is 15.0. The molecule has 3 aromatic rings. The van der Waals surface area contributed by atoms with E-state index in [-0.39, 0.29) is 23.5 Å². The van der Waals surface area contributed by atoms with Gasteiger partial charge in [0.1, 0.15) is 11.6 Å². The van der Waals surface area contributed by atoms with Crippen LogP contribution < -0.4 is 5.32 Å². The van der Waals surface area contributed by atoms with Crippen molar-refractivity contribution in [3.8, 4) is 0 Å². The number of hydrogen-bond acceptors (Lipinski definition) is 2. The second-order valence-electron chi connectivity index (χ2n) is 6.39. The van der Waals surface area contributed by atoms with E-state index in [1.165, 1.54) is 24.3 Å². The van der Waals surface area contributed by atoms with Gasteiger partial charge in [0.2, 0.25) is 0 Å². The highest BCUT2D eigenvalue weighted by molar-refractivity contribution is 5.93. The Labute approximate surface area is 157 Å². The quantitative estimate of drug-likeness (QED) is 0.692. The first-order valence-corrected chi connectivity index (χ1v) is 8.75. The van der Waals surface area contributed by atoms with E-state index in [0.29, 0.717) is 18.5 Å². The van der Waals surface area contributed by atoms with Crippen molar-refractivity contribution in [1.82, 2.24) is 10.3 Å². The zero-order chi connectivity index (χ0) is 19.2. The zero-order valence-electron chi connectivity index (χ0n) is 15.0. The number of aromatic nitrogens is 1. The van der Waals surface area contributed by atoms with Gasteiger partial charge < -0.3 is 5.32 Å². The predicted octanol–water partition coefficient (Wildman–Crippen LogP) is 4.62. The molecule has 0 spiro atoms. The van der Waals surface area contributed by atoms with E-state index in [9.17, 15) is 13.6 Å². The van der Waals surface area contributed by atoms with E-state index < -0.39 is 0 Å². The van der Waals surface area contributed by atoms with Gasteiger partial charge in [0.15, 0.2) is 0 Å². The lowest BCUT2D eigenvalue weighted by molar-refractivity contribution is 0.0952. The highest BCUT2D eigenvalue weighted by Crippen LogP contribution is 2.28. The van der Waals surface area contributed by atoms with Gasteiger partial charge in [0.25, 0.3) is 5.91 Å². The molecule has 0 saturated heterocycles. The van der Waals surface area contributed by atoms with Gasteiger partial charge in [-0.15, -0.1) is 0 Å². The van der Waals surface area contributed by atoms with Crippen LogP contribution in [0.3, 0.4) is 0 Å². The molecule has 0 aliphatic carbocycles. The van der Waals surface area contributed by atoms with Crippen LogP contribution >= 0.6 is 0 Å². The lowest BCUT2D eigenvalue weighted by Crippen LogP contribution is -2.26. The maximum atomic E-state index is 13.3. The second kappa shape index (κ2) is 8.54. The molecule has 1 aromatic heterocycles. The Bertz CT molecular complexity index is 846. The van der Waals surface area contributed by atoms with E-state index in [1.54, 1.807) is 42.6 Å². The number of nitrogens with zero attached hydrogens (tertiary/aromatic N) is 1. The van der Waals surface area contributed by atoms with Gasteiger partial charge >= 0.3 is 0 Å². The number of amides is 1. The normalized spacial score (nSPS) is 10.8. The van der Waals surface area contributed by atoms with Gasteiger partial charge in [0, 0.05) is 24.4 Å². The standard InChI is InChI=1S/C22H20F2N2O/c1-15-2-3-18(14-26-15)22(27)25-13-12-21(16-4-8-19(23)9-5-16)17-6-10-20(24)11-7-17/h2-11,14,21H,12-13H2,1H3,(H,25,27). The smallest absolute Gasteiger partial charge is 0.252 e. The van der Waals surface area contributed by atoms with E-state index in [0.717, 1.165) is 16.8 Å². The molecule has 0 aliphatic heterocycles. The van der Waals surface area contributed by atoms with Crippen LogP contribution in [0.1, 0.15) is 39.5 Å². The van der Waals surface area contributed by atoms with Crippen LogP contribution in [0.5, 0.6) is 0 Å². The molecule has 1 amide bonds. The molecule has 0 bridgehead atoms. The average molecular weight is 366 g/mol. The molecule has 27 heavy (non-hydrogen) atoms. The summed E-state index contributed by atoms with van der Waals surface area (Å²) in [5.74, 6) is -0.893. The van der Waals surface area contributed by atoms with Crippen molar-refractivity contribution in [1.29, 1.82) is 0 Å². The molecule has 0 saturated carbocycles. The third kappa shape index (κ3) is 4.97. The van der Waals surface area contributed by atoms with Crippen LogP contribution in [0.25, 0.3) is 0 Å². The summed E-state index contributed by atoms with van der Waals surface area (Å²) in [4.78, 5) is 16.4. The third-order valence-corrected chi connectivity index (χ3v) is 4.44. The predicted molar refractivity (Wildman–Crippen MR) is 101 cm³/mol. The first-order chi connectivity index (χ1) is 13.0. The van der Waals surface area contributed by atoms with Gasteiger partial charge in [-0.3, -0.25) is 9.78 Å². The van der Waals surface area contributed by atoms with Gasteiger partial charge in [-0.1, -0.05) is 24.3 Å². The molecular weight excluding hydrogens is 346 g/mol. The van der Waals surface area contributed by atoms with Crippen LogP contribution in [0, 0.1) is 18.6 Å². The number of rotatable bonds is 6. The summed E-state index contributed by atoms with van der Waals surface area (Å²) >= 11 is 0. The van der Waals surface area contributed by atoms with E-state index in [2.05, 4.69) is 10.3 Å². The van der Waals surface area contributed by atoms with Crippen LogP contribution in [-0.2, 0) is 0 Å². The summed E-state index contributed by atoms with van der Waals surface area (Å²) in [7, 11) is 0. The second-order valence-corrected chi connectivity index (χ2v) is 6.39. The Morgan fingerprint density at radius 1 is 0.926 bits per heavy atom. The number of pyridine rings is 1. The fourth-order valence-electron chi connectivity index (χ4n) is 2.95.